The molecule has 0 rings (SSSR count). The van der Waals surface area contributed by atoms with Crippen molar-refractivity contribution >= 4 is 0 Å². The molecule has 0 aliphatic carbocycles. The van der Waals surface area contributed by atoms with Gasteiger partial charge in [0.15, 0.2) is 0 Å². The highest BCUT2D eigenvalue weighted by atomic mass is 16.3. The molecule has 0 heterocycles. The van der Waals surface area contributed by atoms with E-state index < -0.39 is 0 Å². The predicted molar refractivity (Wildman–Crippen MR) is 37.3 cm³/mol. The smallest absolute Gasteiger partial charge is 0.0806 e. The second-order valence-corrected chi connectivity index (χ2v) is 2.05. The highest BCUT2D eigenvalue weighted by Gasteiger charge is 1.92. The Kier molecular flexibility index (Phi) is 5.32. The maximum Gasteiger partial charge on any atom is 0.0806 e. The van der Waals surface area contributed by atoms with Crippen LogP contribution in [-0.2, 0) is 0 Å². The van der Waals surface area contributed by atoms with Gasteiger partial charge in [-0.15, -0.1) is 0 Å². The van der Waals surface area contributed by atoms with Gasteiger partial charge in [0.1, 0.15) is 0 Å². The molecule has 2 N–H and O–H groups in total. The molecule has 0 spiro atoms. The van der Waals surface area contributed by atoms with Gasteiger partial charge in [-0.3, -0.25) is 0 Å². The first kappa shape index (κ1) is 8.50. The van der Waals surface area contributed by atoms with Crippen LogP contribution in [0.2, 0.25) is 0 Å². The lowest BCUT2D eigenvalue weighted by atomic mass is 10.1. The van der Waals surface area contributed by atoms with Crippen molar-refractivity contribution in [2.24, 2.45) is 0 Å². The SMILES string of the molecule is CCCC/C(=C/O)CO. The van der Waals surface area contributed by atoms with E-state index in [0.29, 0.717) is 0 Å². The summed E-state index contributed by atoms with van der Waals surface area (Å²) < 4.78 is 0. The zero-order chi connectivity index (χ0) is 7.11. The molecule has 9 heavy (non-hydrogen) atoms. The molecular weight excluding hydrogens is 116 g/mol. The summed E-state index contributed by atoms with van der Waals surface area (Å²) in [4.78, 5) is 0. The van der Waals surface area contributed by atoms with Crippen LogP contribution in [0, 0.1) is 0 Å². The number of aliphatic hydroxyl groups excluding tert-OH is 2. The molecule has 0 aliphatic heterocycles. The maximum absolute atomic E-state index is 8.52. The van der Waals surface area contributed by atoms with E-state index in [1.807, 2.05) is 0 Å². The fourth-order valence-electron chi connectivity index (χ4n) is 0.588. The molecule has 0 aliphatic rings. The Hall–Kier alpha value is -0.500. The van der Waals surface area contributed by atoms with E-state index in [9.17, 15) is 0 Å². The zero-order valence-corrected chi connectivity index (χ0v) is 5.80. The summed E-state index contributed by atoms with van der Waals surface area (Å²) in [5, 5.41) is 17.0. The van der Waals surface area contributed by atoms with Crippen LogP contribution >= 0.6 is 0 Å². The minimum atomic E-state index is -0.0174. The third-order valence-corrected chi connectivity index (χ3v) is 1.24. The van der Waals surface area contributed by atoms with Gasteiger partial charge < -0.3 is 10.2 Å². The van der Waals surface area contributed by atoms with Crippen molar-refractivity contribution in [3.8, 4) is 0 Å². The standard InChI is InChI=1S/C7H14O2/c1-2-3-4-7(5-8)6-9/h5,8-9H,2-4,6H2,1H3/b7-5-. The average Bonchev–Trinajstić information content (AvgIpc) is 1.91. The summed E-state index contributed by atoms with van der Waals surface area (Å²) in [6.07, 6.45) is 3.93. The predicted octanol–water partition coefficient (Wildman–Crippen LogP) is 1.61. The maximum atomic E-state index is 8.52. The van der Waals surface area contributed by atoms with Crippen molar-refractivity contribution in [3.05, 3.63) is 11.8 Å². The molecule has 0 bridgehead atoms. The number of rotatable bonds is 4. The van der Waals surface area contributed by atoms with Crippen molar-refractivity contribution in [1.29, 1.82) is 0 Å². The summed E-state index contributed by atoms with van der Waals surface area (Å²) in [6, 6.07) is 0. The van der Waals surface area contributed by atoms with Gasteiger partial charge in [0.25, 0.3) is 0 Å². The molecule has 0 aromatic carbocycles. The molecule has 0 aromatic heterocycles. The average molecular weight is 130 g/mol. The summed E-state index contributed by atoms with van der Waals surface area (Å²) >= 11 is 0. The van der Waals surface area contributed by atoms with E-state index in [1.165, 1.54) is 0 Å². The van der Waals surface area contributed by atoms with Crippen molar-refractivity contribution in [2.45, 2.75) is 26.2 Å². The summed E-state index contributed by atoms with van der Waals surface area (Å²) in [6.45, 7) is 2.06. The number of aliphatic hydroxyl groups is 2. The Morgan fingerprint density at radius 2 is 2.22 bits per heavy atom. The molecule has 0 amide bonds. The van der Waals surface area contributed by atoms with Crippen LogP contribution in [0.3, 0.4) is 0 Å². The summed E-state index contributed by atoms with van der Waals surface area (Å²) in [5.41, 5.74) is 0.719. The molecule has 0 radical (unpaired) electrons. The van der Waals surface area contributed by atoms with Gasteiger partial charge in [-0.05, 0) is 18.4 Å². The van der Waals surface area contributed by atoms with Gasteiger partial charge in [0.2, 0.25) is 0 Å². The van der Waals surface area contributed by atoms with Crippen LogP contribution in [0.5, 0.6) is 0 Å². The van der Waals surface area contributed by atoms with E-state index in [1.54, 1.807) is 0 Å². The number of unbranched alkanes of at least 4 members (excludes halogenated alkanes) is 1. The third-order valence-electron chi connectivity index (χ3n) is 1.24. The van der Waals surface area contributed by atoms with Crippen LogP contribution in [0.25, 0.3) is 0 Å². The fourth-order valence-corrected chi connectivity index (χ4v) is 0.588. The molecular formula is C7H14O2. The summed E-state index contributed by atoms with van der Waals surface area (Å²) in [7, 11) is 0. The Balaban J connectivity index is 3.33. The van der Waals surface area contributed by atoms with E-state index >= 15 is 0 Å². The molecule has 2 heteroatoms. The Bertz CT molecular complexity index is 86.9. The van der Waals surface area contributed by atoms with Crippen LogP contribution in [0.15, 0.2) is 11.8 Å². The lowest BCUT2D eigenvalue weighted by Gasteiger charge is -1.97. The van der Waals surface area contributed by atoms with Gasteiger partial charge in [0, 0.05) is 0 Å². The molecule has 2 nitrogen and oxygen atoms in total. The highest BCUT2D eigenvalue weighted by Crippen LogP contribution is 2.04. The highest BCUT2D eigenvalue weighted by molar-refractivity contribution is 4.96. The fraction of sp³-hybridized carbons (Fsp3) is 0.714. The first-order valence-corrected chi connectivity index (χ1v) is 3.28. The normalized spacial score (nSPS) is 12.0. The largest absolute Gasteiger partial charge is 0.516 e. The Morgan fingerprint density at radius 3 is 2.56 bits per heavy atom. The van der Waals surface area contributed by atoms with Crippen LogP contribution in [-0.4, -0.2) is 16.8 Å². The van der Waals surface area contributed by atoms with Crippen molar-refractivity contribution in [1.82, 2.24) is 0 Å². The van der Waals surface area contributed by atoms with Crippen LogP contribution in [0.4, 0.5) is 0 Å². The second-order valence-electron chi connectivity index (χ2n) is 2.05. The molecule has 0 saturated heterocycles. The topological polar surface area (TPSA) is 40.5 Å². The lowest BCUT2D eigenvalue weighted by molar-refractivity contribution is 0.317. The van der Waals surface area contributed by atoms with Crippen molar-refractivity contribution < 1.29 is 10.2 Å². The first-order chi connectivity index (χ1) is 4.35. The number of hydrogen-bond donors (Lipinski definition) is 2. The minimum Gasteiger partial charge on any atom is -0.516 e. The molecule has 54 valence electrons. The molecule has 0 aromatic rings. The quantitative estimate of drug-likeness (QED) is 0.567. The molecule has 0 atom stereocenters. The van der Waals surface area contributed by atoms with Gasteiger partial charge >= 0.3 is 0 Å². The number of hydrogen-bond acceptors (Lipinski definition) is 2. The van der Waals surface area contributed by atoms with Gasteiger partial charge in [-0.25, -0.2) is 0 Å². The van der Waals surface area contributed by atoms with Gasteiger partial charge in [-0.1, -0.05) is 13.3 Å². The molecule has 0 saturated carbocycles. The minimum absolute atomic E-state index is 0.0174. The molecule has 0 fully saturated rings. The van der Waals surface area contributed by atoms with E-state index in [0.717, 1.165) is 31.1 Å². The second kappa shape index (κ2) is 5.63. The molecule has 0 unspecified atom stereocenters. The van der Waals surface area contributed by atoms with Gasteiger partial charge in [0.05, 0.1) is 12.9 Å². The Labute approximate surface area is 55.8 Å². The first-order valence-electron chi connectivity index (χ1n) is 3.28. The van der Waals surface area contributed by atoms with Crippen LogP contribution in [0.1, 0.15) is 26.2 Å². The third kappa shape index (κ3) is 4.03. The monoisotopic (exact) mass is 130 g/mol. The van der Waals surface area contributed by atoms with Crippen LogP contribution < -0.4 is 0 Å². The van der Waals surface area contributed by atoms with E-state index in [2.05, 4.69) is 6.92 Å². The van der Waals surface area contributed by atoms with Gasteiger partial charge in [-0.2, -0.15) is 0 Å². The summed E-state index contributed by atoms with van der Waals surface area (Å²) in [5.74, 6) is 0. The van der Waals surface area contributed by atoms with E-state index in [-0.39, 0.29) is 6.61 Å². The zero-order valence-electron chi connectivity index (χ0n) is 5.80. The van der Waals surface area contributed by atoms with Crippen molar-refractivity contribution in [3.63, 3.8) is 0 Å². The van der Waals surface area contributed by atoms with E-state index in [4.69, 9.17) is 10.2 Å². The Morgan fingerprint density at radius 1 is 1.56 bits per heavy atom. The van der Waals surface area contributed by atoms with Crippen molar-refractivity contribution in [2.75, 3.05) is 6.61 Å². The lowest BCUT2D eigenvalue weighted by Crippen LogP contribution is -1.89.